The first-order chi connectivity index (χ1) is 8.25. The fourth-order valence-corrected chi connectivity index (χ4v) is 2.43. The molecule has 0 spiro atoms. The molecule has 1 aromatic rings. The van der Waals surface area contributed by atoms with Gasteiger partial charge in [0.25, 0.3) is 5.91 Å². The molecule has 1 fully saturated rings. The molecule has 0 saturated carbocycles. The van der Waals surface area contributed by atoms with Gasteiger partial charge in [0, 0.05) is 21.7 Å². The molecule has 1 heterocycles. The number of rotatable bonds is 4. The van der Waals surface area contributed by atoms with Gasteiger partial charge in [-0.05, 0) is 72.7 Å². The van der Waals surface area contributed by atoms with Crippen LogP contribution in [0, 0.1) is 3.57 Å². The van der Waals surface area contributed by atoms with E-state index >= 15 is 0 Å². The molecule has 0 aromatic heterocycles. The highest BCUT2D eigenvalue weighted by molar-refractivity contribution is 14.1. The van der Waals surface area contributed by atoms with E-state index in [0.29, 0.717) is 6.04 Å². The van der Waals surface area contributed by atoms with E-state index in [9.17, 15) is 4.79 Å². The van der Waals surface area contributed by atoms with Crippen molar-refractivity contribution in [1.29, 1.82) is 0 Å². The van der Waals surface area contributed by atoms with E-state index in [1.165, 1.54) is 12.8 Å². The molecule has 1 aromatic carbocycles. The third-order valence-corrected chi connectivity index (χ3v) is 3.77. The Labute approximate surface area is 116 Å². The molecule has 1 atom stereocenters. The number of hydrogen-bond donors (Lipinski definition) is 2. The van der Waals surface area contributed by atoms with Crippen LogP contribution in [0.4, 0.5) is 0 Å². The normalized spacial score (nSPS) is 19.2. The minimum atomic E-state index is 0.0272. The van der Waals surface area contributed by atoms with E-state index in [-0.39, 0.29) is 5.91 Å². The molecule has 1 unspecified atom stereocenters. The number of carbonyl (C=O) groups is 1. The highest BCUT2D eigenvalue weighted by atomic mass is 127. The monoisotopic (exact) mass is 344 g/mol. The van der Waals surface area contributed by atoms with Crippen LogP contribution in [-0.2, 0) is 0 Å². The zero-order valence-electron chi connectivity index (χ0n) is 9.71. The fourth-order valence-electron chi connectivity index (χ4n) is 2.07. The average Bonchev–Trinajstić information content (AvgIpc) is 2.83. The lowest BCUT2D eigenvalue weighted by Crippen LogP contribution is -2.30. The second-order valence-corrected chi connectivity index (χ2v) is 5.59. The van der Waals surface area contributed by atoms with Gasteiger partial charge >= 0.3 is 0 Å². The van der Waals surface area contributed by atoms with Gasteiger partial charge in [-0.2, -0.15) is 0 Å². The zero-order valence-corrected chi connectivity index (χ0v) is 11.9. The quantitative estimate of drug-likeness (QED) is 0.822. The van der Waals surface area contributed by atoms with Crippen LogP contribution in [-0.4, -0.2) is 25.0 Å². The maximum atomic E-state index is 11.8. The van der Waals surface area contributed by atoms with Gasteiger partial charge in [0.05, 0.1) is 0 Å². The number of hydrogen-bond acceptors (Lipinski definition) is 2. The van der Waals surface area contributed by atoms with Gasteiger partial charge in [-0.25, -0.2) is 0 Å². The van der Waals surface area contributed by atoms with Crippen molar-refractivity contribution in [3.05, 3.63) is 33.4 Å². The minimum absolute atomic E-state index is 0.0272. The van der Waals surface area contributed by atoms with E-state index < -0.39 is 0 Å². The summed E-state index contributed by atoms with van der Waals surface area (Å²) in [6.45, 7) is 1.87. The van der Waals surface area contributed by atoms with E-state index in [1.54, 1.807) is 0 Å². The van der Waals surface area contributed by atoms with Crippen LogP contribution in [0.5, 0.6) is 0 Å². The van der Waals surface area contributed by atoms with E-state index in [2.05, 4.69) is 33.2 Å². The van der Waals surface area contributed by atoms with Gasteiger partial charge in [0.2, 0.25) is 0 Å². The van der Waals surface area contributed by atoms with E-state index in [0.717, 1.165) is 28.6 Å². The van der Waals surface area contributed by atoms with Crippen LogP contribution >= 0.6 is 22.6 Å². The lowest BCUT2D eigenvalue weighted by atomic mass is 10.1. The van der Waals surface area contributed by atoms with Crippen molar-refractivity contribution in [3.8, 4) is 0 Å². The first-order valence-corrected chi connectivity index (χ1v) is 7.11. The first-order valence-electron chi connectivity index (χ1n) is 6.03. The highest BCUT2D eigenvalue weighted by Gasteiger charge is 2.13. The van der Waals surface area contributed by atoms with Gasteiger partial charge in [0.15, 0.2) is 0 Å². The van der Waals surface area contributed by atoms with Gasteiger partial charge in [-0.15, -0.1) is 0 Å². The number of nitrogens with one attached hydrogen (secondary N) is 2. The van der Waals surface area contributed by atoms with Crippen molar-refractivity contribution in [3.63, 3.8) is 0 Å². The second kappa shape index (κ2) is 6.35. The van der Waals surface area contributed by atoms with Gasteiger partial charge in [-0.3, -0.25) is 4.79 Å². The Morgan fingerprint density at radius 3 is 2.82 bits per heavy atom. The lowest BCUT2D eigenvalue weighted by Gasteiger charge is -2.10. The Morgan fingerprint density at radius 1 is 1.41 bits per heavy atom. The molecule has 0 bridgehead atoms. The standard InChI is InChI=1S/C13H17IN2O/c14-11-5-3-10(4-6-11)13(17)16-9-7-12-2-1-8-15-12/h3-6,12,15H,1-2,7-9H2,(H,16,17). The summed E-state index contributed by atoms with van der Waals surface area (Å²) in [5.74, 6) is 0.0272. The summed E-state index contributed by atoms with van der Waals surface area (Å²) in [4.78, 5) is 11.8. The van der Waals surface area contributed by atoms with E-state index in [4.69, 9.17) is 0 Å². The zero-order chi connectivity index (χ0) is 12.1. The molecule has 17 heavy (non-hydrogen) atoms. The van der Waals surface area contributed by atoms with Crippen molar-refractivity contribution in [2.45, 2.75) is 25.3 Å². The second-order valence-electron chi connectivity index (χ2n) is 4.34. The van der Waals surface area contributed by atoms with Crippen LogP contribution in [0.15, 0.2) is 24.3 Å². The molecule has 1 saturated heterocycles. The summed E-state index contributed by atoms with van der Waals surface area (Å²) in [6.07, 6.45) is 3.52. The number of amides is 1. The van der Waals surface area contributed by atoms with Crippen LogP contribution in [0.3, 0.4) is 0 Å². The third-order valence-electron chi connectivity index (χ3n) is 3.05. The Hall–Kier alpha value is -0.620. The largest absolute Gasteiger partial charge is 0.352 e. The molecule has 0 aliphatic carbocycles. The van der Waals surface area contributed by atoms with Crippen LogP contribution < -0.4 is 10.6 Å². The summed E-state index contributed by atoms with van der Waals surface area (Å²) < 4.78 is 1.15. The molecule has 4 heteroatoms. The van der Waals surface area contributed by atoms with Crippen LogP contribution in [0.1, 0.15) is 29.6 Å². The predicted octanol–water partition coefficient (Wildman–Crippen LogP) is 2.16. The van der Waals surface area contributed by atoms with Gasteiger partial charge in [-0.1, -0.05) is 0 Å². The lowest BCUT2D eigenvalue weighted by molar-refractivity contribution is 0.0952. The maximum Gasteiger partial charge on any atom is 0.251 e. The number of halogens is 1. The predicted molar refractivity (Wildman–Crippen MR) is 77.1 cm³/mol. The third kappa shape index (κ3) is 3.96. The van der Waals surface area contributed by atoms with E-state index in [1.807, 2.05) is 24.3 Å². The molecule has 1 aliphatic heterocycles. The van der Waals surface area contributed by atoms with Gasteiger partial charge < -0.3 is 10.6 Å². The Balaban J connectivity index is 1.75. The summed E-state index contributed by atoms with van der Waals surface area (Å²) in [7, 11) is 0. The molecule has 1 amide bonds. The molecular formula is C13H17IN2O. The van der Waals surface area contributed by atoms with Gasteiger partial charge in [0.1, 0.15) is 0 Å². The maximum absolute atomic E-state index is 11.8. The summed E-state index contributed by atoms with van der Waals surface area (Å²) >= 11 is 2.23. The Kier molecular flexibility index (Phi) is 4.79. The molecule has 2 N–H and O–H groups in total. The smallest absolute Gasteiger partial charge is 0.251 e. The molecule has 92 valence electrons. The van der Waals surface area contributed by atoms with Crippen molar-refractivity contribution >= 4 is 28.5 Å². The van der Waals surface area contributed by atoms with Crippen LogP contribution in [0.2, 0.25) is 0 Å². The summed E-state index contributed by atoms with van der Waals surface area (Å²) in [5, 5.41) is 6.39. The molecule has 3 nitrogen and oxygen atoms in total. The fraction of sp³-hybridized carbons (Fsp3) is 0.462. The average molecular weight is 344 g/mol. The Morgan fingerprint density at radius 2 is 2.18 bits per heavy atom. The Bertz CT molecular complexity index is 372. The number of benzene rings is 1. The summed E-state index contributed by atoms with van der Waals surface area (Å²) in [5.41, 5.74) is 0.741. The van der Waals surface area contributed by atoms with Crippen molar-refractivity contribution in [2.24, 2.45) is 0 Å². The topological polar surface area (TPSA) is 41.1 Å². The molecular weight excluding hydrogens is 327 g/mol. The van der Waals surface area contributed by atoms with Crippen molar-refractivity contribution < 1.29 is 4.79 Å². The minimum Gasteiger partial charge on any atom is -0.352 e. The van der Waals surface area contributed by atoms with Crippen molar-refractivity contribution in [2.75, 3.05) is 13.1 Å². The first kappa shape index (κ1) is 12.8. The molecule has 2 rings (SSSR count). The molecule has 1 aliphatic rings. The van der Waals surface area contributed by atoms with Crippen LogP contribution in [0.25, 0.3) is 0 Å². The molecule has 0 radical (unpaired) electrons. The SMILES string of the molecule is O=C(NCCC1CCCN1)c1ccc(I)cc1. The number of carbonyl (C=O) groups excluding carboxylic acids is 1. The summed E-state index contributed by atoms with van der Waals surface area (Å²) in [6, 6.07) is 8.23. The van der Waals surface area contributed by atoms with Crippen molar-refractivity contribution in [1.82, 2.24) is 10.6 Å². The highest BCUT2D eigenvalue weighted by Crippen LogP contribution is 2.08.